The van der Waals surface area contributed by atoms with E-state index in [0.717, 1.165) is 5.56 Å². The molecule has 0 unspecified atom stereocenters. The monoisotopic (exact) mass is 371 g/mol. The number of anilines is 1. The number of ether oxygens (including phenoxy) is 3. The van der Waals surface area contributed by atoms with E-state index in [1.165, 1.54) is 27.5 Å². The van der Waals surface area contributed by atoms with Gasteiger partial charge in [-0.15, -0.1) is 0 Å². The smallest absolute Gasteiger partial charge is 0.329 e. The number of nitrogens with zero attached hydrogens (tertiary/aromatic N) is 1. The van der Waals surface area contributed by atoms with Crippen LogP contribution in [0.4, 0.5) is 5.69 Å². The molecule has 0 aliphatic rings. The lowest BCUT2D eigenvalue weighted by Gasteiger charge is -2.10. The van der Waals surface area contributed by atoms with E-state index < -0.39 is 11.8 Å². The van der Waals surface area contributed by atoms with Crippen molar-refractivity contribution in [3.8, 4) is 17.2 Å². The largest absolute Gasteiger partial charge is 0.495 e. The number of methoxy groups -OCH3 is 3. The van der Waals surface area contributed by atoms with Gasteiger partial charge in [0.2, 0.25) is 0 Å². The molecule has 2 amide bonds. The van der Waals surface area contributed by atoms with E-state index in [2.05, 4.69) is 15.8 Å². The molecular formula is C19H21N3O5. The lowest BCUT2D eigenvalue weighted by Crippen LogP contribution is -2.32. The molecule has 0 fully saturated rings. The Morgan fingerprint density at radius 2 is 1.56 bits per heavy atom. The van der Waals surface area contributed by atoms with Gasteiger partial charge >= 0.3 is 11.8 Å². The van der Waals surface area contributed by atoms with Crippen LogP contribution >= 0.6 is 0 Å². The summed E-state index contributed by atoms with van der Waals surface area (Å²) in [6.45, 7) is 1.86. The second kappa shape index (κ2) is 9.23. The lowest BCUT2D eigenvalue weighted by atomic mass is 10.2. The highest BCUT2D eigenvalue weighted by atomic mass is 16.5. The number of benzene rings is 2. The molecule has 0 saturated heterocycles. The fraction of sp³-hybridized carbons (Fsp3) is 0.211. The molecule has 2 rings (SSSR count). The van der Waals surface area contributed by atoms with Gasteiger partial charge in [0.15, 0.2) is 11.5 Å². The molecule has 0 spiro atoms. The molecule has 0 bridgehead atoms. The fourth-order valence-corrected chi connectivity index (χ4v) is 2.25. The number of hydrogen-bond acceptors (Lipinski definition) is 6. The van der Waals surface area contributed by atoms with Crippen molar-refractivity contribution < 1.29 is 23.8 Å². The van der Waals surface area contributed by atoms with Crippen molar-refractivity contribution in [2.24, 2.45) is 5.10 Å². The minimum absolute atomic E-state index is 0.404. The van der Waals surface area contributed by atoms with Crippen LogP contribution in [-0.4, -0.2) is 39.4 Å². The van der Waals surface area contributed by atoms with Crippen LogP contribution in [0.1, 0.15) is 11.1 Å². The molecule has 0 saturated carbocycles. The van der Waals surface area contributed by atoms with E-state index >= 15 is 0 Å². The molecule has 8 nitrogen and oxygen atoms in total. The predicted octanol–water partition coefficient (Wildman–Crippen LogP) is 2.11. The molecular weight excluding hydrogens is 350 g/mol. The molecule has 0 aliphatic heterocycles. The first-order valence-electron chi connectivity index (χ1n) is 7.99. The zero-order valence-corrected chi connectivity index (χ0v) is 15.5. The van der Waals surface area contributed by atoms with Crippen molar-refractivity contribution in [1.82, 2.24) is 5.43 Å². The zero-order chi connectivity index (χ0) is 19.8. The average Bonchev–Trinajstić information content (AvgIpc) is 2.67. The van der Waals surface area contributed by atoms with Crippen LogP contribution in [-0.2, 0) is 9.59 Å². The first kappa shape index (κ1) is 19.8. The summed E-state index contributed by atoms with van der Waals surface area (Å²) in [5, 5.41) is 6.28. The van der Waals surface area contributed by atoms with Gasteiger partial charge in [0.05, 0.1) is 33.2 Å². The number of amides is 2. The number of nitrogens with one attached hydrogen (secondary N) is 2. The van der Waals surface area contributed by atoms with Crippen molar-refractivity contribution in [3.63, 3.8) is 0 Å². The summed E-state index contributed by atoms with van der Waals surface area (Å²) in [7, 11) is 4.53. The van der Waals surface area contributed by atoms with Crippen molar-refractivity contribution in [2.45, 2.75) is 6.92 Å². The molecule has 2 aromatic rings. The molecule has 0 heterocycles. The summed E-state index contributed by atoms with van der Waals surface area (Å²) in [6.07, 6.45) is 1.39. The molecule has 27 heavy (non-hydrogen) atoms. The summed E-state index contributed by atoms with van der Waals surface area (Å²) in [5.74, 6) is -0.212. The topological polar surface area (TPSA) is 98.2 Å². The number of carbonyl (C=O) groups excluding carboxylic acids is 2. The highest BCUT2D eigenvalue weighted by Crippen LogP contribution is 2.27. The molecule has 2 aromatic carbocycles. The third-order valence-corrected chi connectivity index (χ3v) is 3.60. The Morgan fingerprint density at radius 1 is 0.889 bits per heavy atom. The number of aryl methyl sites for hydroxylation is 1. The Morgan fingerprint density at radius 3 is 2.22 bits per heavy atom. The highest BCUT2D eigenvalue weighted by Gasteiger charge is 2.15. The number of carbonyl (C=O) groups is 2. The number of hydrazone groups is 1. The summed E-state index contributed by atoms with van der Waals surface area (Å²) < 4.78 is 15.5. The van der Waals surface area contributed by atoms with E-state index in [1.54, 1.807) is 30.3 Å². The standard InChI is InChI=1S/C19H21N3O5/c1-12-5-7-15(25-2)14(9-12)21-18(23)19(24)22-20-11-13-6-8-16(26-3)17(10-13)27-4/h5-11H,1-4H3,(H,21,23)(H,22,24)/b20-11-. The van der Waals surface area contributed by atoms with Crippen LogP contribution in [0.15, 0.2) is 41.5 Å². The zero-order valence-electron chi connectivity index (χ0n) is 15.5. The quantitative estimate of drug-likeness (QED) is 0.460. The Labute approximate surface area is 157 Å². The van der Waals surface area contributed by atoms with Gasteiger partial charge in [-0.25, -0.2) is 5.43 Å². The van der Waals surface area contributed by atoms with Crippen molar-refractivity contribution in [2.75, 3.05) is 26.6 Å². The molecule has 0 aliphatic carbocycles. The van der Waals surface area contributed by atoms with Gasteiger partial charge in [0, 0.05) is 0 Å². The van der Waals surface area contributed by atoms with Crippen LogP contribution in [0.25, 0.3) is 0 Å². The SMILES string of the molecule is COc1ccc(C)cc1NC(=O)C(=O)N/N=C\c1ccc(OC)c(OC)c1. The summed E-state index contributed by atoms with van der Waals surface area (Å²) >= 11 is 0. The average molecular weight is 371 g/mol. The lowest BCUT2D eigenvalue weighted by molar-refractivity contribution is -0.136. The van der Waals surface area contributed by atoms with Crippen LogP contribution in [0.2, 0.25) is 0 Å². The molecule has 0 aromatic heterocycles. The molecule has 142 valence electrons. The summed E-state index contributed by atoms with van der Waals surface area (Å²) in [6, 6.07) is 10.4. The van der Waals surface area contributed by atoms with E-state index in [4.69, 9.17) is 14.2 Å². The van der Waals surface area contributed by atoms with Gasteiger partial charge in [-0.2, -0.15) is 5.10 Å². The fourth-order valence-electron chi connectivity index (χ4n) is 2.25. The highest BCUT2D eigenvalue weighted by molar-refractivity contribution is 6.39. The van der Waals surface area contributed by atoms with Crippen LogP contribution in [0.5, 0.6) is 17.2 Å². The number of hydrogen-bond donors (Lipinski definition) is 2. The van der Waals surface area contributed by atoms with Gasteiger partial charge in [-0.1, -0.05) is 6.07 Å². The van der Waals surface area contributed by atoms with Crippen LogP contribution in [0, 0.1) is 6.92 Å². The first-order valence-corrected chi connectivity index (χ1v) is 7.99. The third kappa shape index (κ3) is 5.21. The second-order valence-corrected chi connectivity index (χ2v) is 5.47. The predicted molar refractivity (Wildman–Crippen MR) is 102 cm³/mol. The number of rotatable bonds is 6. The van der Waals surface area contributed by atoms with E-state index in [1.807, 2.05) is 13.0 Å². The van der Waals surface area contributed by atoms with Crippen molar-refractivity contribution >= 4 is 23.7 Å². The van der Waals surface area contributed by atoms with Gasteiger partial charge in [0.25, 0.3) is 0 Å². The van der Waals surface area contributed by atoms with E-state index in [-0.39, 0.29) is 0 Å². The minimum atomic E-state index is -0.907. The maximum atomic E-state index is 12.0. The minimum Gasteiger partial charge on any atom is -0.495 e. The maximum absolute atomic E-state index is 12.0. The molecule has 0 atom stereocenters. The van der Waals surface area contributed by atoms with Gasteiger partial charge in [-0.3, -0.25) is 9.59 Å². The normalized spacial score (nSPS) is 10.4. The molecule has 8 heteroatoms. The first-order chi connectivity index (χ1) is 13.0. The Hall–Kier alpha value is -3.55. The van der Waals surface area contributed by atoms with Crippen molar-refractivity contribution in [3.05, 3.63) is 47.5 Å². The van der Waals surface area contributed by atoms with E-state index in [0.29, 0.717) is 28.5 Å². The van der Waals surface area contributed by atoms with E-state index in [9.17, 15) is 9.59 Å². The summed E-state index contributed by atoms with van der Waals surface area (Å²) in [4.78, 5) is 24.0. The van der Waals surface area contributed by atoms with Crippen LogP contribution in [0.3, 0.4) is 0 Å². The van der Waals surface area contributed by atoms with Gasteiger partial charge < -0.3 is 19.5 Å². The van der Waals surface area contributed by atoms with Gasteiger partial charge in [-0.05, 0) is 48.4 Å². The Balaban J connectivity index is 2.00. The molecule has 0 radical (unpaired) electrons. The molecule has 2 N–H and O–H groups in total. The Bertz CT molecular complexity index is 864. The third-order valence-electron chi connectivity index (χ3n) is 3.60. The Kier molecular flexibility index (Phi) is 6.76. The van der Waals surface area contributed by atoms with Crippen LogP contribution < -0.4 is 25.0 Å². The van der Waals surface area contributed by atoms with Crippen molar-refractivity contribution in [1.29, 1.82) is 0 Å². The van der Waals surface area contributed by atoms with Gasteiger partial charge in [0.1, 0.15) is 5.75 Å². The maximum Gasteiger partial charge on any atom is 0.329 e. The summed E-state index contributed by atoms with van der Waals surface area (Å²) in [5.41, 5.74) is 4.15. The second-order valence-electron chi connectivity index (χ2n) is 5.47.